The molecule has 2 aromatic heterocycles. The molecular formula is C9H9N5OS. The number of hydrogen-bond acceptors (Lipinski definition) is 7. The first-order chi connectivity index (χ1) is 7.83. The predicted octanol–water partition coefficient (Wildman–Crippen LogP) is 1.06. The molecule has 0 aliphatic carbocycles. The first-order valence-electron chi connectivity index (χ1n) is 4.46. The van der Waals surface area contributed by atoms with E-state index in [-0.39, 0.29) is 0 Å². The van der Waals surface area contributed by atoms with E-state index in [4.69, 9.17) is 4.74 Å². The number of pyridine rings is 1. The van der Waals surface area contributed by atoms with Gasteiger partial charge in [0.1, 0.15) is 5.69 Å². The summed E-state index contributed by atoms with van der Waals surface area (Å²) >= 11 is 1.39. The van der Waals surface area contributed by atoms with Crippen molar-refractivity contribution in [1.29, 1.82) is 0 Å². The summed E-state index contributed by atoms with van der Waals surface area (Å²) in [5, 5.41) is 16.2. The van der Waals surface area contributed by atoms with E-state index in [1.165, 1.54) is 11.8 Å². The van der Waals surface area contributed by atoms with Crippen molar-refractivity contribution < 1.29 is 4.74 Å². The quantitative estimate of drug-likeness (QED) is 0.736. The molecule has 2 aromatic rings. The topological polar surface area (TPSA) is 73.7 Å². The van der Waals surface area contributed by atoms with Crippen LogP contribution in [0.25, 0.3) is 11.5 Å². The van der Waals surface area contributed by atoms with Gasteiger partial charge in [-0.15, -0.1) is 20.4 Å². The monoisotopic (exact) mass is 235 g/mol. The lowest BCUT2D eigenvalue weighted by atomic mass is 10.3. The summed E-state index contributed by atoms with van der Waals surface area (Å²) in [6.45, 7) is 0. The Morgan fingerprint density at radius 3 is 2.50 bits per heavy atom. The van der Waals surface area contributed by atoms with Crippen LogP contribution in [0.2, 0.25) is 0 Å². The van der Waals surface area contributed by atoms with Crippen LogP contribution in [-0.4, -0.2) is 38.7 Å². The van der Waals surface area contributed by atoms with Gasteiger partial charge in [0.25, 0.3) is 0 Å². The number of aromatic nitrogens is 5. The summed E-state index contributed by atoms with van der Waals surface area (Å²) in [7, 11) is 1.56. The third-order valence-corrected chi connectivity index (χ3v) is 2.33. The Morgan fingerprint density at radius 2 is 1.88 bits per heavy atom. The molecule has 6 nitrogen and oxygen atoms in total. The fourth-order valence-corrected chi connectivity index (χ4v) is 1.30. The van der Waals surface area contributed by atoms with Gasteiger partial charge in [0.2, 0.25) is 16.9 Å². The molecule has 0 radical (unpaired) electrons. The first kappa shape index (κ1) is 10.7. The van der Waals surface area contributed by atoms with Gasteiger partial charge in [-0.25, -0.2) is 4.98 Å². The number of methoxy groups -OCH3 is 1. The van der Waals surface area contributed by atoms with E-state index < -0.39 is 0 Å². The second-order valence-electron chi connectivity index (χ2n) is 2.78. The van der Waals surface area contributed by atoms with Gasteiger partial charge in [0, 0.05) is 6.07 Å². The minimum Gasteiger partial charge on any atom is -0.481 e. The molecule has 0 saturated heterocycles. The Balaban J connectivity index is 2.34. The molecule has 2 rings (SSSR count). The minimum atomic E-state index is 0.386. The molecule has 16 heavy (non-hydrogen) atoms. The van der Waals surface area contributed by atoms with Crippen LogP contribution in [0.15, 0.2) is 23.4 Å². The highest BCUT2D eigenvalue weighted by atomic mass is 32.2. The van der Waals surface area contributed by atoms with Gasteiger partial charge < -0.3 is 4.74 Å². The lowest BCUT2D eigenvalue weighted by molar-refractivity contribution is 0.398. The third kappa shape index (κ3) is 2.25. The smallest absolute Gasteiger partial charge is 0.229 e. The van der Waals surface area contributed by atoms with E-state index in [0.717, 1.165) is 0 Å². The highest BCUT2D eigenvalue weighted by molar-refractivity contribution is 7.98. The summed E-state index contributed by atoms with van der Waals surface area (Å²) in [4.78, 5) is 4.18. The summed E-state index contributed by atoms with van der Waals surface area (Å²) < 4.78 is 5.01. The second kappa shape index (κ2) is 4.84. The lowest BCUT2D eigenvalue weighted by Gasteiger charge is -2.00. The number of ether oxygens (including phenoxy) is 1. The van der Waals surface area contributed by atoms with E-state index in [1.54, 1.807) is 19.2 Å². The van der Waals surface area contributed by atoms with Crippen LogP contribution >= 0.6 is 11.8 Å². The fourth-order valence-electron chi connectivity index (χ4n) is 1.06. The lowest BCUT2D eigenvalue weighted by Crippen LogP contribution is -1.99. The highest BCUT2D eigenvalue weighted by Gasteiger charge is 2.06. The molecule has 7 heteroatoms. The molecular weight excluding hydrogens is 226 g/mol. The van der Waals surface area contributed by atoms with Crippen molar-refractivity contribution in [3.05, 3.63) is 18.2 Å². The van der Waals surface area contributed by atoms with Gasteiger partial charge in [0.15, 0.2) is 0 Å². The summed E-state index contributed by atoms with van der Waals surface area (Å²) in [6, 6.07) is 5.34. The van der Waals surface area contributed by atoms with Crippen molar-refractivity contribution in [2.24, 2.45) is 0 Å². The zero-order chi connectivity index (χ0) is 11.4. The third-order valence-electron chi connectivity index (χ3n) is 1.80. The molecule has 0 aliphatic rings. The Bertz CT molecular complexity index is 476. The average molecular weight is 235 g/mol. The maximum absolute atomic E-state index is 5.01. The summed E-state index contributed by atoms with van der Waals surface area (Å²) in [5.41, 5.74) is 0.590. The Hall–Kier alpha value is -1.76. The first-order valence-corrected chi connectivity index (χ1v) is 5.69. The normalized spacial score (nSPS) is 10.1. The van der Waals surface area contributed by atoms with Crippen molar-refractivity contribution in [3.63, 3.8) is 0 Å². The van der Waals surface area contributed by atoms with Crippen molar-refractivity contribution in [2.45, 2.75) is 5.16 Å². The molecule has 0 atom stereocenters. The van der Waals surface area contributed by atoms with Gasteiger partial charge in [0.05, 0.1) is 7.11 Å². The molecule has 0 fully saturated rings. The van der Waals surface area contributed by atoms with Gasteiger partial charge in [-0.3, -0.25) is 0 Å². The molecule has 82 valence electrons. The van der Waals surface area contributed by atoms with Gasteiger partial charge in [-0.05, 0) is 12.3 Å². The summed E-state index contributed by atoms with van der Waals surface area (Å²) in [5.74, 6) is 0.895. The Kier molecular flexibility index (Phi) is 3.25. The van der Waals surface area contributed by atoms with Gasteiger partial charge in [-0.2, -0.15) is 0 Å². The molecule has 0 bridgehead atoms. The molecule has 0 spiro atoms. The highest BCUT2D eigenvalue weighted by Crippen LogP contribution is 2.15. The Morgan fingerprint density at radius 1 is 1.12 bits per heavy atom. The van der Waals surface area contributed by atoms with Crippen LogP contribution in [0.3, 0.4) is 0 Å². The van der Waals surface area contributed by atoms with Crippen LogP contribution < -0.4 is 4.74 Å². The van der Waals surface area contributed by atoms with E-state index in [2.05, 4.69) is 25.4 Å². The van der Waals surface area contributed by atoms with Crippen LogP contribution in [0.1, 0.15) is 0 Å². The van der Waals surface area contributed by atoms with Crippen LogP contribution in [-0.2, 0) is 0 Å². The SMILES string of the molecule is COc1cccc(-c2nnc(SC)nn2)n1. The van der Waals surface area contributed by atoms with Gasteiger partial charge >= 0.3 is 0 Å². The number of rotatable bonds is 3. The molecule has 0 amide bonds. The standard InChI is InChI=1S/C9H9N5OS/c1-15-7-5-3-4-6(10-7)8-11-13-9(16-2)14-12-8/h3-5H,1-2H3. The van der Waals surface area contributed by atoms with Crippen molar-refractivity contribution in [2.75, 3.05) is 13.4 Å². The zero-order valence-electron chi connectivity index (χ0n) is 8.78. The van der Waals surface area contributed by atoms with E-state index in [1.807, 2.05) is 12.3 Å². The number of thioether (sulfide) groups is 1. The molecule has 0 saturated carbocycles. The maximum Gasteiger partial charge on any atom is 0.229 e. The molecule has 0 unspecified atom stereocenters. The van der Waals surface area contributed by atoms with Crippen LogP contribution in [0, 0.1) is 0 Å². The van der Waals surface area contributed by atoms with Crippen molar-refractivity contribution in [1.82, 2.24) is 25.4 Å². The van der Waals surface area contributed by atoms with E-state index in [0.29, 0.717) is 22.6 Å². The number of nitrogens with zero attached hydrogens (tertiary/aromatic N) is 5. The predicted molar refractivity (Wildman–Crippen MR) is 59.2 cm³/mol. The second-order valence-corrected chi connectivity index (χ2v) is 3.55. The van der Waals surface area contributed by atoms with Crippen molar-refractivity contribution >= 4 is 11.8 Å². The largest absolute Gasteiger partial charge is 0.481 e. The molecule has 0 aromatic carbocycles. The maximum atomic E-state index is 5.01. The van der Waals surface area contributed by atoms with E-state index >= 15 is 0 Å². The average Bonchev–Trinajstić information content (AvgIpc) is 2.39. The van der Waals surface area contributed by atoms with Crippen LogP contribution in [0.4, 0.5) is 0 Å². The molecule has 0 aliphatic heterocycles. The summed E-state index contributed by atoms with van der Waals surface area (Å²) in [6.07, 6.45) is 1.86. The molecule has 2 heterocycles. The minimum absolute atomic E-state index is 0.386. The van der Waals surface area contributed by atoms with Crippen molar-refractivity contribution in [3.8, 4) is 17.4 Å². The number of hydrogen-bond donors (Lipinski definition) is 0. The Labute approximate surface area is 96.5 Å². The van der Waals surface area contributed by atoms with Crippen LogP contribution in [0.5, 0.6) is 5.88 Å². The fraction of sp³-hybridized carbons (Fsp3) is 0.222. The molecule has 0 N–H and O–H groups in total. The zero-order valence-corrected chi connectivity index (χ0v) is 9.60. The van der Waals surface area contributed by atoms with E-state index in [9.17, 15) is 0 Å². The van der Waals surface area contributed by atoms with Gasteiger partial charge in [-0.1, -0.05) is 17.8 Å².